The maximum Gasteiger partial charge on any atom is 0.219 e. The predicted octanol–water partition coefficient (Wildman–Crippen LogP) is -0.480. The Bertz CT molecular complexity index is 112. The molecule has 0 aromatic heterocycles. The molecule has 0 spiro atoms. The molecular weight excluding hydrogens is 146 g/mol. The Morgan fingerprint density at radius 1 is 1.73 bits per heavy atom. The normalized spacial score (nSPS) is 12.6. The first kappa shape index (κ1) is 10.4. The molecular formula is C7H15NO3. The average Bonchev–Trinajstić information content (AvgIpc) is 2.06. The van der Waals surface area contributed by atoms with Crippen molar-refractivity contribution in [1.29, 1.82) is 0 Å². The molecule has 0 rings (SSSR count). The highest BCUT2D eigenvalue weighted by molar-refractivity contribution is 5.75. The standard InChI is InChI=1S/C7H15NO3/c1-3-7(10)8-4-6(5-9)11-2/h6,9H,3-5H2,1-2H3,(H,8,10). The van der Waals surface area contributed by atoms with Gasteiger partial charge in [0.1, 0.15) is 0 Å². The van der Waals surface area contributed by atoms with Gasteiger partial charge in [-0.25, -0.2) is 0 Å². The number of hydrogen-bond acceptors (Lipinski definition) is 3. The first-order valence-corrected chi connectivity index (χ1v) is 3.65. The lowest BCUT2D eigenvalue weighted by Gasteiger charge is -2.12. The summed E-state index contributed by atoms with van der Waals surface area (Å²) in [5, 5.41) is 11.2. The zero-order valence-electron chi connectivity index (χ0n) is 6.96. The summed E-state index contributed by atoms with van der Waals surface area (Å²) in [7, 11) is 1.50. The number of hydrogen-bond donors (Lipinski definition) is 2. The second-order valence-corrected chi connectivity index (χ2v) is 2.20. The van der Waals surface area contributed by atoms with Crippen molar-refractivity contribution in [2.75, 3.05) is 20.3 Å². The van der Waals surface area contributed by atoms with E-state index in [-0.39, 0.29) is 18.6 Å². The monoisotopic (exact) mass is 161 g/mol. The van der Waals surface area contributed by atoms with Crippen molar-refractivity contribution >= 4 is 5.91 Å². The molecule has 1 atom stereocenters. The molecule has 1 amide bonds. The van der Waals surface area contributed by atoms with E-state index < -0.39 is 0 Å². The third kappa shape index (κ3) is 4.75. The van der Waals surface area contributed by atoms with Gasteiger partial charge in [-0.3, -0.25) is 4.79 Å². The van der Waals surface area contributed by atoms with Crippen molar-refractivity contribution in [2.24, 2.45) is 0 Å². The highest BCUT2D eigenvalue weighted by atomic mass is 16.5. The van der Waals surface area contributed by atoms with E-state index in [2.05, 4.69) is 5.32 Å². The van der Waals surface area contributed by atoms with Crippen LogP contribution in [0.25, 0.3) is 0 Å². The number of ether oxygens (including phenoxy) is 1. The van der Waals surface area contributed by atoms with Gasteiger partial charge in [0, 0.05) is 20.1 Å². The number of carbonyl (C=O) groups is 1. The van der Waals surface area contributed by atoms with E-state index in [1.54, 1.807) is 6.92 Å². The highest BCUT2D eigenvalue weighted by Crippen LogP contribution is 1.85. The van der Waals surface area contributed by atoms with Crippen LogP contribution in [0.3, 0.4) is 0 Å². The Labute approximate surface area is 66.5 Å². The van der Waals surface area contributed by atoms with E-state index in [4.69, 9.17) is 9.84 Å². The molecule has 0 bridgehead atoms. The minimum absolute atomic E-state index is 0.0273. The molecule has 4 nitrogen and oxygen atoms in total. The molecule has 0 saturated heterocycles. The number of aliphatic hydroxyl groups excluding tert-OH is 1. The third-order valence-electron chi connectivity index (χ3n) is 1.38. The van der Waals surface area contributed by atoms with Crippen LogP contribution in [0.5, 0.6) is 0 Å². The highest BCUT2D eigenvalue weighted by Gasteiger charge is 2.05. The fraction of sp³-hybridized carbons (Fsp3) is 0.857. The zero-order chi connectivity index (χ0) is 8.69. The van der Waals surface area contributed by atoms with Crippen LogP contribution in [0.1, 0.15) is 13.3 Å². The van der Waals surface area contributed by atoms with Crippen LogP contribution in [0.15, 0.2) is 0 Å². The van der Waals surface area contributed by atoms with E-state index >= 15 is 0 Å². The largest absolute Gasteiger partial charge is 0.394 e. The van der Waals surface area contributed by atoms with Crippen LogP contribution in [0, 0.1) is 0 Å². The van der Waals surface area contributed by atoms with E-state index in [0.717, 1.165) is 0 Å². The van der Waals surface area contributed by atoms with Crippen LogP contribution in [0.2, 0.25) is 0 Å². The van der Waals surface area contributed by atoms with Gasteiger partial charge in [-0.1, -0.05) is 6.92 Å². The van der Waals surface area contributed by atoms with Gasteiger partial charge >= 0.3 is 0 Å². The Hall–Kier alpha value is -0.610. The molecule has 2 N–H and O–H groups in total. The van der Waals surface area contributed by atoms with Gasteiger partial charge in [-0.15, -0.1) is 0 Å². The SMILES string of the molecule is CCC(=O)NCC(CO)OC. The quantitative estimate of drug-likeness (QED) is 0.572. The number of methoxy groups -OCH3 is 1. The van der Waals surface area contributed by atoms with Gasteiger partial charge in [0.2, 0.25) is 5.91 Å². The summed E-state index contributed by atoms with van der Waals surface area (Å²) in [6, 6.07) is 0. The summed E-state index contributed by atoms with van der Waals surface area (Å²) >= 11 is 0. The van der Waals surface area contributed by atoms with Crippen LogP contribution >= 0.6 is 0 Å². The molecule has 0 radical (unpaired) electrons. The first-order chi connectivity index (χ1) is 5.24. The van der Waals surface area contributed by atoms with Gasteiger partial charge in [0.15, 0.2) is 0 Å². The van der Waals surface area contributed by atoms with Crippen molar-refractivity contribution in [3.05, 3.63) is 0 Å². The van der Waals surface area contributed by atoms with Crippen molar-refractivity contribution < 1.29 is 14.6 Å². The Balaban J connectivity index is 3.42. The maximum atomic E-state index is 10.7. The van der Waals surface area contributed by atoms with Crippen molar-refractivity contribution in [1.82, 2.24) is 5.32 Å². The lowest BCUT2D eigenvalue weighted by molar-refractivity contribution is -0.121. The molecule has 0 aromatic rings. The molecule has 0 aromatic carbocycles. The minimum Gasteiger partial charge on any atom is -0.394 e. The van der Waals surface area contributed by atoms with E-state index in [1.807, 2.05) is 0 Å². The molecule has 66 valence electrons. The van der Waals surface area contributed by atoms with E-state index in [0.29, 0.717) is 13.0 Å². The molecule has 0 heterocycles. The summed E-state index contributed by atoms with van der Waals surface area (Å²) in [4.78, 5) is 10.7. The van der Waals surface area contributed by atoms with Crippen molar-refractivity contribution in [3.63, 3.8) is 0 Å². The number of rotatable bonds is 5. The number of nitrogens with one attached hydrogen (secondary N) is 1. The van der Waals surface area contributed by atoms with Crippen LogP contribution in [0.4, 0.5) is 0 Å². The smallest absolute Gasteiger partial charge is 0.219 e. The summed E-state index contributed by atoms with van der Waals surface area (Å²) in [5.41, 5.74) is 0. The fourth-order valence-corrected chi connectivity index (χ4v) is 0.575. The molecule has 11 heavy (non-hydrogen) atoms. The Kier molecular flexibility index (Phi) is 5.78. The third-order valence-corrected chi connectivity index (χ3v) is 1.38. The average molecular weight is 161 g/mol. The molecule has 0 aliphatic heterocycles. The molecule has 0 aliphatic carbocycles. The first-order valence-electron chi connectivity index (χ1n) is 3.65. The molecule has 4 heteroatoms. The number of aliphatic hydroxyl groups is 1. The Morgan fingerprint density at radius 2 is 2.36 bits per heavy atom. The number of amides is 1. The fourth-order valence-electron chi connectivity index (χ4n) is 0.575. The summed E-state index contributed by atoms with van der Waals surface area (Å²) in [5.74, 6) is -0.0273. The second-order valence-electron chi connectivity index (χ2n) is 2.20. The summed E-state index contributed by atoms with van der Waals surface area (Å²) in [6.07, 6.45) is 0.174. The van der Waals surface area contributed by atoms with Gasteiger partial charge < -0.3 is 15.2 Å². The Morgan fingerprint density at radius 3 is 2.73 bits per heavy atom. The molecule has 1 unspecified atom stereocenters. The summed E-state index contributed by atoms with van der Waals surface area (Å²) in [6.45, 7) is 2.08. The predicted molar refractivity (Wildman–Crippen MR) is 41.2 cm³/mol. The van der Waals surface area contributed by atoms with Crippen molar-refractivity contribution in [2.45, 2.75) is 19.4 Å². The topological polar surface area (TPSA) is 58.6 Å². The molecule has 0 saturated carbocycles. The van der Waals surface area contributed by atoms with E-state index in [1.165, 1.54) is 7.11 Å². The lowest BCUT2D eigenvalue weighted by atomic mass is 10.3. The second kappa shape index (κ2) is 6.12. The van der Waals surface area contributed by atoms with Crippen LogP contribution < -0.4 is 5.32 Å². The maximum absolute atomic E-state index is 10.7. The van der Waals surface area contributed by atoms with Gasteiger partial charge in [-0.2, -0.15) is 0 Å². The summed E-state index contributed by atoms with van der Waals surface area (Å²) < 4.78 is 4.83. The van der Waals surface area contributed by atoms with Gasteiger partial charge in [0.25, 0.3) is 0 Å². The number of carbonyl (C=O) groups excluding carboxylic acids is 1. The van der Waals surface area contributed by atoms with Crippen LogP contribution in [-0.4, -0.2) is 37.4 Å². The molecule has 0 aliphatic rings. The van der Waals surface area contributed by atoms with E-state index in [9.17, 15) is 4.79 Å². The van der Waals surface area contributed by atoms with Gasteiger partial charge in [-0.05, 0) is 0 Å². The lowest BCUT2D eigenvalue weighted by Crippen LogP contribution is -2.34. The van der Waals surface area contributed by atoms with Gasteiger partial charge in [0.05, 0.1) is 12.7 Å². The minimum atomic E-state index is -0.287. The molecule has 0 fully saturated rings. The van der Waals surface area contributed by atoms with Crippen LogP contribution in [-0.2, 0) is 9.53 Å². The zero-order valence-corrected chi connectivity index (χ0v) is 6.96. The van der Waals surface area contributed by atoms with Crippen molar-refractivity contribution in [3.8, 4) is 0 Å².